The van der Waals surface area contributed by atoms with Gasteiger partial charge in [0.05, 0.1) is 0 Å². The number of hydrogen-bond donors (Lipinski definition) is 0. The van der Waals surface area contributed by atoms with Crippen molar-refractivity contribution in [2.75, 3.05) is 25.5 Å². The average molecular weight is 342 g/mol. The minimum atomic E-state index is -0.855. The number of aromatic nitrogens is 2. The van der Waals surface area contributed by atoms with Crippen LogP contribution in [-0.2, 0) is 20.9 Å². The molecule has 0 fully saturated rings. The Bertz CT molecular complexity index is 694. The van der Waals surface area contributed by atoms with Gasteiger partial charge in [-0.25, -0.2) is 9.97 Å². The van der Waals surface area contributed by atoms with E-state index in [-0.39, 0.29) is 12.5 Å². The van der Waals surface area contributed by atoms with Crippen LogP contribution in [0.15, 0.2) is 48.8 Å². The van der Waals surface area contributed by atoms with Gasteiger partial charge in [-0.1, -0.05) is 30.3 Å². The van der Waals surface area contributed by atoms with E-state index in [1.165, 1.54) is 4.90 Å². The topological polar surface area (TPSA) is 75.6 Å². The fourth-order valence-corrected chi connectivity index (χ4v) is 2.28. The van der Waals surface area contributed by atoms with Crippen LogP contribution in [-0.4, -0.2) is 53.5 Å². The third-order valence-corrected chi connectivity index (χ3v) is 3.55. The van der Waals surface area contributed by atoms with Gasteiger partial charge < -0.3 is 14.5 Å². The minimum absolute atomic E-state index is 0.0377. The van der Waals surface area contributed by atoms with E-state index in [1.807, 2.05) is 30.3 Å². The Balaban J connectivity index is 1.84. The van der Waals surface area contributed by atoms with E-state index >= 15 is 0 Å². The van der Waals surface area contributed by atoms with Gasteiger partial charge in [0.2, 0.25) is 5.95 Å². The molecule has 1 aromatic carbocycles. The summed E-state index contributed by atoms with van der Waals surface area (Å²) in [4.78, 5) is 35.6. The number of amides is 1. The number of ether oxygens (including phenoxy) is 1. The van der Waals surface area contributed by atoms with Gasteiger partial charge in [-0.3, -0.25) is 9.59 Å². The van der Waals surface area contributed by atoms with Crippen LogP contribution in [0.5, 0.6) is 0 Å². The lowest BCUT2D eigenvalue weighted by Gasteiger charge is -2.22. The van der Waals surface area contributed by atoms with Crippen LogP contribution in [0.4, 0.5) is 5.95 Å². The molecular weight excluding hydrogens is 320 g/mol. The molecule has 0 N–H and O–H groups in total. The quantitative estimate of drug-likeness (QED) is 0.710. The molecule has 0 aliphatic rings. The lowest BCUT2D eigenvalue weighted by molar-refractivity contribution is -0.157. The first-order valence-electron chi connectivity index (χ1n) is 7.94. The number of benzene rings is 1. The molecule has 0 aliphatic carbocycles. The van der Waals surface area contributed by atoms with E-state index in [1.54, 1.807) is 44.4 Å². The Hall–Kier alpha value is -2.96. The molecule has 2 rings (SSSR count). The molecule has 1 unspecified atom stereocenters. The monoisotopic (exact) mass is 342 g/mol. The van der Waals surface area contributed by atoms with Crippen molar-refractivity contribution in [2.45, 2.75) is 19.6 Å². The Morgan fingerprint density at radius 2 is 1.72 bits per heavy atom. The highest BCUT2D eigenvalue weighted by Crippen LogP contribution is 2.07. The highest BCUT2D eigenvalue weighted by atomic mass is 16.5. The van der Waals surface area contributed by atoms with Crippen molar-refractivity contribution in [1.29, 1.82) is 0 Å². The van der Waals surface area contributed by atoms with Crippen LogP contribution >= 0.6 is 0 Å². The number of carbonyl (C=O) groups is 2. The molecule has 132 valence electrons. The van der Waals surface area contributed by atoms with Crippen molar-refractivity contribution in [1.82, 2.24) is 14.9 Å². The van der Waals surface area contributed by atoms with Crippen molar-refractivity contribution in [3.63, 3.8) is 0 Å². The second-order valence-electron chi connectivity index (χ2n) is 5.72. The Morgan fingerprint density at radius 3 is 2.36 bits per heavy atom. The van der Waals surface area contributed by atoms with Gasteiger partial charge in [0.1, 0.15) is 6.54 Å². The SMILES string of the molecule is CC(OC(=O)CN(C)c1ncccn1)C(=O)N(C)Cc1ccccc1. The fraction of sp³-hybridized carbons (Fsp3) is 0.333. The molecule has 1 amide bonds. The molecule has 1 atom stereocenters. The maximum absolute atomic E-state index is 12.3. The van der Waals surface area contributed by atoms with Crippen molar-refractivity contribution < 1.29 is 14.3 Å². The third-order valence-electron chi connectivity index (χ3n) is 3.55. The summed E-state index contributed by atoms with van der Waals surface area (Å²) in [6.07, 6.45) is 2.33. The summed E-state index contributed by atoms with van der Waals surface area (Å²) in [6.45, 7) is 1.99. The smallest absolute Gasteiger partial charge is 0.326 e. The molecule has 25 heavy (non-hydrogen) atoms. The standard InChI is InChI=1S/C18H22N4O3/c1-14(17(24)21(2)12-15-8-5-4-6-9-15)25-16(23)13-22(3)18-19-10-7-11-20-18/h4-11,14H,12-13H2,1-3H3. The van der Waals surface area contributed by atoms with E-state index in [4.69, 9.17) is 4.74 Å². The second kappa shape index (κ2) is 8.77. The summed E-state index contributed by atoms with van der Waals surface area (Å²) >= 11 is 0. The molecular formula is C18H22N4O3. The number of esters is 1. The maximum Gasteiger partial charge on any atom is 0.326 e. The van der Waals surface area contributed by atoms with Crippen molar-refractivity contribution in [2.24, 2.45) is 0 Å². The van der Waals surface area contributed by atoms with Crippen molar-refractivity contribution >= 4 is 17.8 Å². The Morgan fingerprint density at radius 1 is 1.08 bits per heavy atom. The maximum atomic E-state index is 12.3. The first-order valence-corrected chi connectivity index (χ1v) is 7.94. The number of hydrogen-bond acceptors (Lipinski definition) is 6. The molecule has 2 aromatic rings. The van der Waals surface area contributed by atoms with Crippen LogP contribution < -0.4 is 4.90 Å². The zero-order chi connectivity index (χ0) is 18.2. The predicted octanol–water partition coefficient (Wildman–Crippen LogP) is 1.50. The Kier molecular flexibility index (Phi) is 6.45. The van der Waals surface area contributed by atoms with Crippen LogP contribution in [0.3, 0.4) is 0 Å². The molecule has 0 spiro atoms. The zero-order valence-corrected chi connectivity index (χ0v) is 14.6. The molecule has 1 heterocycles. The predicted molar refractivity (Wildman–Crippen MR) is 93.8 cm³/mol. The summed E-state index contributed by atoms with van der Waals surface area (Å²) in [5.41, 5.74) is 1.01. The van der Waals surface area contributed by atoms with Crippen LogP contribution in [0.25, 0.3) is 0 Å². The molecule has 0 saturated heterocycles. The summed E-state index contributed by atoms with van der Waals surface area (Å²) in [5, 5.41) is 0. The highest BCUT2D eigenvalue weighted by Gasteiger charge is 2.22. The largest absolute Gasteiger partial charge is 0.451 e. The number of anilines is 1. The van der Waals surface area contributed by atoms with Gasteiger partial charge in [0.25, 0.3) is 5.91 Å². The fourth-order valence-electron chi connectivity index (χ4n) is 2.28. The van der Waals surface area contributed by atoms with Crippen molar-refractivity contribution in [3.05, 3.63) is 54.4 Å². The van der Waals surface area contributed by atoms with Gasteiger partial charge in [0, 0.05) is 33.0 Å². The summed E-state index contributed by atoms with van der Waals surface area (Å²) < 4.78 is 5.24. The number of carbonyl (C=O) groups excluding carboxylic acids is 2. The number of nitrogens with zero attached hydrogens (tertiary/aromatic N) is 4. The first-order chi connectivity index (χ1) is 12.0. The molecule has 0 bridgehead atoms. The minimum Gasteiger partial charge on any atom is -0.451 e. The summed E-state index contributed by atoms with van der Waals surface area (Å²) in [7, 11) is 3.37. The molecule has 7 heteroatoms. The highest BCUT2D eigenvalue weighted by molar-refractivity contribution is 5.84. The van der Waals surface area contributed by atoms with E-state index in [0.29, 0.717) is 12.5 Å². The molecule has 7 nitrogen and oxygen atoms in total. The van der Waals surface area contributed by atoms with Gasteiger partial charge in [-0.2, -0.15) is 0 Å². The van der Waals surface area contributed by atoms with Crippen LogP contribution in [0, 0.1) is 0 Å². The van der Waals surface area contributed by atoms with Gasteiger partial charge in [-0.15, -0.1) is 0 Å². The molecule has 1 aromatic heterocycles. The van der Waals surface area contributed by atoms with E-state index in [2.05, 4.69) is 9.97 Å². The zero-order valence-electron chi connectivity index (χ0n) is 14.6. The first kappa shape index (κ1) is 18.4. The van der Waals surface area contributed by atoms with E-state index in [0.717, 1.165) is 5.56 Å². The van der Waals surface area contributed by atoms with Crippen LogP contribution in [0.1, 0.15) is 12.5 Å². The second-order valence-corrected chi connectivity index (χ2v) is 5.72. The Labute approximate surface area is 147 Å². The van der Waals surface area contributed by atoms with E-state index in [9.17, 15) is 9.59 Å². The van der Waals surface area contributed by atoms with Gasteiger partial charge >= 0.3 is 5.97 Å². The van der Waals surface area contributed by atoms with Crippen LogP contribution in [0.2, 0.25) is 0 Å². The van der Waals surface area contributed by atoms with Crippen molar-refractivity contribution in [3.8, 4) is 0 Å². The molecule has 0 saturated carbocycles. The lowest BCUT2D eigenvalue weighted by Crippen LogP contribution is -2.39. The normalized spacial score (nSPS) is 11.5. The number of likely N-dealkylation sites (N-methyl/N-ethyl adjacent to an activating group) is 2. The molecule has 0 radical (unpaired) electrons. The summed E-state index contributed by atoms with van der Waals surface area (Å²) in [5.74, 6) is -0.348. The molecule has 0 aliphatic heterocycles. The average Bonchev–Trinajstić information content (AvgIpc) is 2.62. The third kappa shape index (κ3) is 5.56. The van der Waals surface area contributed by atoms with Gasteiger partial charge in [0.15, 0.2) is 6.10 Å². The lowest BCUT2D eigenvalue weighted by atomic mass is 10.2. The van der Waals surface area contributed by atoms with Gasteiger partial charge in [-0.05, 0) is 18.6 Å². The van der Waals surface area contributed by atoms with E-state index < -0.39 is 12.1 Å². The number of rotatable bonds is 7. The summed E-state index contributed by atoms with van der Waals surface area (Å²) in [6, 6.07) is 11.3.